The summed E-state index contributed by atoms with van der Waals surface area (Å²) in [6.45, 7) is 2.36. The summed E-state index contributed by atoms with van der Waals surface area (Å²) in [7, 11) is -0.101. The van der Waals surface area contributed by atoms with Gasteiger partial charge in [0.15, 0.2) is 0 Å². The first-order valence-corrected chi connectivity index (χ1v) is 11.0. The van der Waals surface area contributed by atoms with E-state index in [4.69, 9.17) is 0 Å². The van der Waals surface area contributed by atoms with Gasteiger partial charge in [-0.1, -0.05) is 0 Å². The lowest BCUT2D eigenvalue weighted by Crippen LogP contribution is -2.47. The fourth-order valence-corrected chi connectivity index (χ4v) is 4.63. The van der Waals surface area contributed by atoms with Crippen LogP contribution in [0.1, 0.15) is 30.1 Å². The monoisotopic (exact) mass is 426 g/mol. The topological polar surface area (TPSA) is 75.5 Å². The molecule has 29 heavy (non-hydrogen) atoms. The maximum absolute atomic E-state index is 14.2. The fraction of sp³-hybridized carbons (Fsp3) is 0.474. The number of halogens is 2. The van der Waals surface area contributed by atoms with Crippen molar-refractivity contribution in [2.75, 3.05) is 25.9 Å². The molecule has 1 aliphatic rings. The van der Waals surface area contributed by atoms with Crippen LogP contribution >= 0.6 is 0 Å². The molecule has 0 unspecified atom stereocenters. The zero-order valence-corrected chi connectivity index (χ0v) is 17.4. The Morgan fingerprint density at radius 3 is 2.52 bits per heavy atom. The van der Waals surface area contributed by atoms with Crippen molar-refractivity contribution in [2.24, 2.45) is 7.05 Å². The van der Waals surface area contributed by atoms with Crippen LogP contribution in [0.15, 0.2) is 24.4 Å². The molecule has 3 rings (SSSR count). The lowest BCUT2D eigenvalue weighted by Gasteiger charge is -2.36. The van der Waals surface area contributed by atoms with Crippen LogP contribution < -0.4 is 0 Å². The second kappa shape index (κ2) is 8.19. The number of aryl methyl sites for hydroxylation is 1. The molecule has 2 aromatic rings. The molecule has 1 aliphatic heterocycles. The van der Waals surface area contributed by atoms with Crippen molar-refractivity contribution in [3.05, 3.63) is 41.6 Å². The van der Waals surface area contributed by atoms with Gasteiger partial charge in [-0.25, -0.2) is 21.5 Å². The number of amides is 1. The van der Waals surface area contributed by atoms with Crippen LogP contribution in [0.5, 0.6) is 0 Å². The summed E-state index contributed by atoms with van der Waals surface area (Å²) >= 11 is 0. The number of likely N-dealkylation sites (tertiary alicyclic amines) is 1. The molecule has 1 saturated heterocycles. The van der Waals surface area contributed by atoms with Gasteiger partial charge >= 0.3 is 0 Å². The molecule has 1 amide bonds. The van der Waals surface area contributed by atoms with Crippen molar-refractivity contribution in [3.63, 3.8) is 0 Å². The third kappa shape index (κ3) is 4.32. The highest BCUT2D eigenvalue weighted by Crippen LogP contribution is 2.28. The molecule has 0 N–H and O–H groups in total. The van der Waals surface area contributed by atoms with Gasteiger partial charge in [-0.05, 0) is 31.9 Å². The highest BCUT2D eigenvalue weighted by Gasteiger charge is 2.32. The molecule has 1 aromatic carbocycles. The Morgan fingerprint density at radius 2 is 1.93 bits per heavy atom. The van der Waals surface area contributed by atoms with Crippen LogP contribution in [0.25, 0.3) is 11.3 Å². The van der Waals surface area contributed by atoms with Gasteiger partial charge in [-0.2, -0.15) is 5.10 Å². The average molecular weight is 426 g/mol. The van der Waals surface area contributed by atoms with Gasteiger partial charge in [-0.3, -0.25) is 9.48 Å². The lowest BCUT2D eigenvalue weighted by molar-refractivity contribution is 0.0686. The van der Waals surface area contributed by atoms with Gasteiger partial charge < -0.3 is 4.90 Å². The van der Waals surface area contributed by atoms with Gasteiger partial charge in [0, 0.05) is 51.1 Å². The van der Waals surface area contributed by atoms with E-state index in [1.807, 2.05) is 0 Å². The number of carbonyl (C=O) groups excluding carboxylic acids is 1. The third-order valence-electron chi connectivity index (χ3n) is 5.31. The van der Waals surface area contributed by atoms with E-state index in [-0.39, 0.29) is 34.5 Å². The molecule has 0 saturated carbocycles. The number of carbonyl (C=O) groups is 1. The Kier molecular flexibility index (Phi) is 6.04. The SMILES string of the molecule is CCS(=O)(=O)N(C)C1CCN(C(=O)c2cn(C)nc2-c2ccc(F)cc2F)CC1. The zero-order valence-electron chi connectivity index (χ0n) is 16.6. The van der Waals surface area contributed by atoms with E-state index in [0.717, 1.165) is 12.1 Å². The number of hydrogen-bond acceptors (Lipinski definition) is 4. The molecular weight excluding hydrogens is 402 g/mol. The van der Waals surface area contributed by atoms with Gasteiger partial charge in [-0.15, -0.1) is 0 Å². The molecule has 0 aliphatic carbocycles. The molecule has 158 valence electrons. The van der Waals surface area contributed by atoms with Crippen LogP contribution in [-0.4, -0.2) is 65.2 Å². The lowest BCUT2D eigenvalue weighted by atomic mass is 10.0. The van der Waals surface area contributed by atoms with Crippen molar-refractivity contribution < 1.29 is 22.0 Å². The number of sulfonamides is 1. The summed E-state index contributed by atoms with van der Waals surface area (Å²) < 4.78 is 54.4. The number of nitrogens with zero attached hydrogens (tertiary/aromatic N) is 4. The molecule has 1 aromatic heterocycles. The van der Waals surface area contributed by atoms with E-state index in [1.165, 1.54) is 21.3 Å². The van der Waals surface area contributed by atoms with E-state index >= 15 is 0 Å². The van der Waals surface area contributed by atoms with E-state index in [1.54, 1.807) is 25.9 Å². The van der Waals surface area contributed by atoms with Gasteiger partial charge in [0.2, 0.25) is 10.0 Å². The molecule has 10 heteroatoms. The van der Waals surface area contributed by atoms with Gasteiger partial charge in [0.1, 0.15) is 17.3 Å². The molecule has 0 spiro atoms. The normalized spacial score (nSPS) is 15.9. The van der Waals surface area contributed by atoms with Gasteiger partial charge in [0.05, 0.1) is 11.3 Å². The summed E-state index contributed by atoms with van der Waals surface area (Å²) in [6, 6.07) is 2.98. The summed E-state index contributed by atoms with van der Waals surface area (Å²) in [6.07, 6.45) is 2.55. The second-order valence-electron chi connectivity index (χ2n) is 7.13. The molecule has 7 nitrogen and oxygen atoms in total. The fourth-order valence-electron chi connectivity index (χ4n) is 3.56. The first-order valence-electron chi connectivity index (χ1n) is 9.38. The zero-order chi connectivity index (χ0) is 21.3. The minimum absolute atomic E-state index is 0.0327. The standard InChI is InChI=1S/C19H24F2N4O3S/c1-4-29(27,28)24(3)14-7-9-25(10-8-14)19(26)16-12-23(2)22-18(16)15-6-5-13(20)11-17(15)21/h5-6,11-12,14H,4,7-10H2,1-3H3. The minimum Gasteiger partial charge on any atom is -0.338 e. The molecule has 0 atom stereocenters. The Hall–Kier alpha value is -2.33. The van der Waals surface area contributed by atoms with Gasteiger partial charge in [0.25, 0.3) is 5.91 Å². The number of hydrogen-bond donors (Lipinski definition) is 0. The van der Waals surface area contributed by atoms with E-state index < -0.39 is 21.7 Å². The maximum Gasteiger partial charge on any atom is 0.257 e. The van der Waals surface area contributed by atoms with Crippen molar-refractivity contribution in [3.8, 4) is 11.3 Å². The number of rotatable bonds is 5. The van der Waals surface area contributed by atoms with Crippen LogP contribution in [0, 0.1) is 11.6 Å². The summed E-state index contributed by atoms with van der Waals surface area (Å²) in [4.78, 5) is 14.7. The van der Waals surface area contributed by atoms with Crippen molar-refractivity contribution in [1.82, 2.24) is 19.0 Å². The Balaban J connectivity index is 1.79. The number of benzene rings is 1. The van der Waals surface area contributed by atoms with Crippen LogP contribution in [0.2, 0.25) is 0 Å². The van der Waals surface area contributed by atoms with Crippen molar-refractivity contribution in [2.45, 2.75) is 25.8 Å². The predicted molar refractivity (Wildman–Crippen MR) is 105 cm³/mol. The molecule has 0 bridgehead atoms. The highest BCUT2D eigenvalue weighted by molar-refractivity contribution is 7.89. The van der Waals surface area contributed by atoms with Crippen LogP contribution in [-0.2, 0) is 17.1 Å². The Bertz CT molecular complexity index is 1010. The smallest absolute Gasteiger partial charge is 0.257 e. The molecular formula is C19H24F2N4O3S. The molecule has 1 fully saturated rings. The first-order chi connectivity index (χ1) is 13.6. The number of aromatic nitrogens is 2. The van der Waals surface area contributed by atoms with E-state index in [2.05, 4.69) is 5.10 Å². The Morgan fingerprint density at radius 1 is 1.28 bits per heavy atom. The van der Waals surface area contributed by atoms with E-state index in [9.17, 15) is 22.0 Å². The molecule has 2 heterocycles. The Labute approximate surface area is 169 Å². The highest BCUT2D eigenvalue weighted by atomic mass is 32.2. The summed E-state index contributed by atoms with van der Waals surface area (Å²) in [5, 5.41) is 4.19. The molecule has 0 radical (unpaired) electrons. The van der Waals surface area contributed by atoms with E-state index in [0.29, 0.717) is 25.9 Å². The summed E-state index contributed by atoms with van der Waals surface area (Å²) in [5.41, 5.74) is 0.438. The third-order valence-corrected chi connectivity index (χ3v) is 7.22. The predicted octanol–water partition coefficient (Wildman–Crippen LogP) is 2.25. The maximum atomic E-state index is 14.2. The quantitative estimate of drug-likeness (QED) is 0.735. The largest absolute Gasteiger partial charge is 0.338 e. The summed E-state index contributed by atoms with van der Waals surface area (Å²) in [5.74, 6) is -1.77. The van der Waals surface area contributed by atoms with Crippen molar-refractivity contribution in [1.29, 1.82) is 0 Å². The minimum atomic E-state index is -3.29. The average Bonchev–Trinajstić information content (AvgIpc) is 3.08. The van der Waals surface area contributed by atoms with Crippen LogP contribution in [0.3, 0.4) is 0 Å². The second-order valence-corrected chi connectivity index (χ2v) is 9.45. The first kappa shape index (κ1) is 21.4. The number of piperidine rings is 1. The van der Waals surface area contributed by atoms with Crippen molar-refractivity contribution >= 4 is 15.9 Å². The van der Waals surface area contributed by atoms with Crippen LogP contribution in [0.4, 0.5) is 8.78 Å².